The largest absolute Gasteiger partial charge is 0.497 e. The summed E-state index contributed by atoms with van der Waals surface area (Å²) in [6.07, 6.45) is -0.220. The molecule has 5 nitrogen and oxygen atoms in total. The fourth-order valence-corrected chi connectivity index (χ4v) is 5.15. The molecule has 0 amide bonds. The first-order valence-corrected chi connectivity index (χ1v) is 8.08. The van der Waals surface area contributed by atoms with E-state index < -0.39 is 9.84 Å². The van der Waals surface area contributed by atoms with Crippen molar-refractivity contribution in [2.75, 3.05) is 22.9 Å². The Hall–Kier alpha value is -0.920. The van der Waals surface area contributed by atoms with Gasteiger partial charge in [-0.3, -0.25) is 8.49 Å². The highest BCUT2D eigenvalue weighted by Gasteiger charge is 2.47. The van der Waals surface area contributed by atoms with E-state index in [0.717, 1.165) is 11.4 Å². The van der Waals surface area contributed by atoms with Crippen LogP contribution in [0.4, 0.5) is 5.69 Å². The lowest BCUT2D eigenvalue weighted by molar-refractivity contribution is 0.282. The van der Waals surface area contributed by atoms with Crippen molar-refractivity contribution in [2.45, 2.75) is 12.1 Å². The maximum absolute atomic E-state index is 11.6. The third kappa shape index (κ3) is 2.06. The molecule has 0 spiro atoms. The minimum atomic E-state index is -2.96. The maximum atomic E-state index is 11.6. The third-order valence-electron chi connectivity index (χ3n) is 3.15. The summed E-state index contributed by atoms with van der Waals surface area (Å²) >= 11 is 1.23. The molecule has 0 N–H and O–H groups in total. The first kappa shape index (κ1) is 12.1. The van der Waals surface area contributed by atoms with Crippen molar-refractivity contribution in [3.05, 3.63) is 24.3 Å². The SMILES string of the molecule is COc1ccc(N2SOC3CS(=O)(=O)CC32)cc1. The van der Waals surface area contributed by atoms with E-state index in [1.807, 2.05) is 28.6 Å². The molecule has 7 heteroatoms. The zero-order valence-electron chi connectivity index (χ0n) is 9.78. The van der Waals surface area contributed by atoms with Crippen molar-refractivity contribution in [3.63, 3.8) is 0 Å². The van der Waals surface area contributed by atoms with Crippen LogP contribution in [0.25, 0.3) is 0 Å². The maximum Gasteiger partial charge on any atom is 0.155 e. The molecule has 2 saturated heterocycles. The number of anilines is 1. The van der Waals surface area contributed by atoms with Crippen molar-refractivity contribution >= 4 is 27.8 Å². The second kappa shape index (κ2) is 4.32. The second-order valence-corrected chi connectivity index (χ2v) is 7.27. The fraction of sp³-hybridized carbons (Fsp3) is 0.455. The Morgan fingerprint density at radius 2 is 2.06 bits per heavy atom. The van der Waals surface area contributed by atoms with Crippen LogP contribution in [-0.4, -0.2) is 39.2 Å². The molecular weight excluding hydrogens is 274 g/mol. The van der Waals surface area contributed by atoms with Crippen molar-refractivity contribution in [1.82, 2.24) is 0 Å². The van der Waals surface area contributed by atoms with Gasteiger partial charge in [-0.05, 0) is 24.3 Å². The van der Waals surface area contributed by atoms with Gasteiger partial charge in [0.05, 0.1) is 24.7 Å². The Kier molecular flexibility index (Phi) is 2.91. The third-order valence-corrected chi connectivity index (χ3v) is 5.81. The zero-order valence-corrected chi connectivity index (χ0v) is 11.4. The van der Waals surface area contributed by atoms with Crippen LogP contribution in [0.15, 0.2) is 24.3 Å². The molecule has 0 radical (unpaired) electrons. The Balaban J connectivity index is 1.84. The van der Waals surface area contributed by atoms with Gasteiger partial charge in [-0.1, -0.05) is 0 Å². The molecule has 2 fully saturated rings. The topological polar surface area (TPSA) is 55.8 Å². The Bertz CT molecular complexity index is 543. The first-order chi connectivity index (χ1) is 8.59. The molecule has 3 rings (SSSR count). The number of nitrogens with zero attached hydrogens (tertiary/aromatic N) is 1. The van der Waals surface area contributed by atoms with Gasteiger partial charge in [-0.15, -0.1) is 0 Å². The monoisotopic (exact) mass is 287 g/mol. The molecule has 0 saturated carbocycles. The van der Waals surface area contributed by atoms with Gasteiger partial charge in [0.15, 0.2) is 9.84 Å². The summed E-state index contributed by atoms with van der Waals surface area (Å²) in [5, 5.41) is 0. The highest BCUT2D eigenvalue weighted by molar-refractivity contribution is 7.97. The van der Waals surface area contributed by atoms with Gasteiger partial charge in [0.2, 0.25) is 0 Å². The van der Waals surface area contributed by atoms with Crippen LogP contribution >= 0.6 is 12.2 Å². The Morgan fingerprint density at radius 1 is 1.33 bits per heavy atom. The molecule has 98 valence electrons. The zero-order chi connectivity index (χ0) is 12.8. The Morgan fingerprint density at radius 3 is 2.72 bits per heavy atom. The highest BCUT2D eigenvalue weighted by Crippen LogP contribution is 2.40. The molecule has 1 aromatic rings. The molecule has 2 atom stereocenters. The van der Waals surface area contributed by atoms with Crippen LogP contribution in [-0.2, 0) is 14.0 Å². The van der Waals surface area contributed by atoms with Crippen LogP contribution in [0.5, 0.6) is 5.75 Å². The van der Waals surface area contributed by atoms with Crippen molar-refractivity contribution < 1.29 is 17.3 Å². The summed E-state index contributed by atoms with van der Waals surface area (Å²) in [7, 11) is -1.35. The fourth-order valence-electron chi connectivity index (χ4n) is 2.23. The van der Waals surface area contributed by atoms with Crippen molar-refractivity contribution in [1.29, 1.82) is 0 Å². The van der Waals surface area contributed by atoms with Crippen LogP contribution in [0.1, 0.15) is 0 Å². The molecule has 2 heterocycles. The Labute approximate surface area is 110 Å². The molecule has 2 unspecified atom stereocenters. The van der Waals surface area contributed by atoms with Gasteiger partial charge in [-0.25, -0.2) is 8.42 Å². The number of hydrogen-bond acceptors (Lipinski definition) is 6. The molecule has 18 heavy (non-hydrogen) atoms. The average molecular weight is 287 g/mol. The molecule has 0 aromatic heterocycles. The van der Waals surface area contributed by atoms with Crippen molar-refractivity contribution in [2.24, 2.45) is 0 Å². The van der Waals surface area contributed by atoms with Crippen molar-refractivity contribution in [3.8, 4) is 5.75 Å². The summed E-state index contributed by atoms with van der Waals surface area (Å²) in [4.78, 5) is 0. The van der Waals surface area contributed by atoms with Gasteiger partial charge in [-0.2, -0.15) is 0 Å². The van der Waals surface area contributed by atoms with E-state index in [9.17, 15) is 8.42 Å². The van der Waals surface area contributed by atoms with Crippen LogP contribution < -0.4 is 9.04 Å². The quantitative estimate of drug-likeness (QED) is 0.603. The van der Waals surface area contributed by atoms with E-state index in [4.69, 9.17) is 8.92 Å². The van der Waals surface area contributed by atoms with Crippen LogP contribution in [0, 0.1) is 0 Å². The van der Waals surface area contributed by atoms with Crippen LogP contribution in [0.2, 0.25) is 0 Å². The average Bonchev–Trinajstić information content (AvgIpc) is 2.84. The molecule has 0 aliphatic carbocycles. The number of benzene rings is 1. The second-order valence-electron chi connectivity index (χ2n) is 4.38. The normalized spacial score (nSPS) is 29.3. The summed E-state index contributed by atoms with van der Waals surface area (Å²) in [6.45, 7) is 0. The van der Waals surface area contributed by atoms with E-state index >= 15 is 0 Å². The molecule has 0 bridgehead atoms. The predicted molar refractivity (Wildman–Crippen MR) is 70.4 cm³/mol. The lowest BCUT2D eigenvalue weighted by Gasteiger charge is -2.20. The lowest BCUT2D eigenvalue weighted by Crippen LogP contribution is -2.32. The molecular formula is C11H13NO4S2. The molecule has 1 aromatic carbocycles. The molecule has 2 aliphatic rings. The number of hydrogen-bond donors (Lipinski definition) is 0. The van der Waals surface area contributed by atoms with Crippen LogP contribution in [0.3, 0.4) is 0 Å². The van der Waals surface area contributed by atoms with E-state index in [0.29, 0.717) is 0 Å². The number of rotatable bonds is 2. The first-order valence-electron chi connectivity index (χ1n) is 5.56. The lowest BCUT2D eigenvalue weighted by atomic mass is 10.2. The van der Waals surface area contributed by atoms with E-state index in [1.165, 1.54) is 12.2 Å². The van der Waals surface area contributed by atoms with E-state index in [1.54, 1.807) is 7.11 Å². The number of fused-ring (bicyclic) bond motifs is 1. The minimum absolute atomic E-state index is 0.0894. The number of methoxy groups -OCH3 is 1. The van der Waals surface area contributed by atoms with Gasteiger partial charge in [0.1, 0.15) is 24.1 Å². The summed E-state index contributed by atoms with van der Waals surface area (Å²) in [6, 6.07) is 7.43. The van der Waals surface area contributed by atoms with Gasteiger partial charge in [0.25, 0.3) is 0 Å². The van der Waals surface area contributed by atoms with Gasteiger partial charge in [0, 0.05) is 5.69 Å². The standard InChI is InChI=1S/C11H13NO4S2/c1-15-9-4-2-8(3-5-9)12-10-6-18(13,14)7-11(10)16-17-12/h2-5,10-11H,6-7H2,1H3. The van der Waals surface area contributed by atoms with Gasteiger partial charge < -0.3 is 4.74 Å². The number of sulfone groups is 1. The molecule has 2 aliphatic heterocycles. The van der Waals surface area contributed by atoms with Gasteiger partial charge >= 0.3 is 0 Å². The highest BCUT2D eigenvalue weighted by atomic mass is 32.2. The smallest absolute Gasteiger partial charge is 0.155 e. The summed E-state index contributed by atoms with van der Waals surface area (Å²) in [5.41, 5.74) is 0.936. The predicted octanol–water partition coefficient (Wildman–Crippen LogP) is 1.26. The number of ether oxygens (including phenoxy) is 1. The van der Waals surface area contributed by atoms with E-state index in [2.05, 4.69) is 0 Å². The minimum Gasteiger partial charge on any atom is -0.497 e. The summed E-state index contributed by atoms with van der Waals surface area (Å²) in [5.74, 6) is 1.06. The summed E-state index contributed by atoms with van der Waals surface area (Å²) < 4.78 is 35.7. The van der Waals surface area contributed by atoms with E-state index in [-0.39, 0.29) is 23.7 Å².